The summed E-state index contributed by atoms with van der Waals surface area (Å²) in [5, 5.41) is 8.99. The van der Waals surface area contributed by atoms with Gasteiger partial charge in [0.2, 0.25) is 5.78 Å². The van der Waals surface area contributed by atoms with E-state index in [2.05, 4.69) is 0 Å². The van der Waals surface area contributed by atoms with Gasteiger partial charge in [0.05, 0.1) is 5.56 Å². The summed E-state index contributed by atoms with van der Waals surface area (Å²) in [4.78, 5) is 13.6. The second-order valence-corrected chi connectivity index (χ2v) is 3.78. The van der Waals surface area contributed by atoms with E-state index in [9.17, 15) is 9.18 Å². The summed E-state index contributed by atoms with van der Waals surface area (Å²) in [6.07, 6.45) is 0. The Morgan fingerprint density at radius 1 is 1.35 bits per heavy atom. The Morgan fingerprint density at radius 3 is 2.41 bits per heavy atom. The van der Waals surface area contributed by atoms with Crippen LogP contribution < -0.4 is 0 Å². The van der Waals surface area contributed by atoms with Crippen molar-refractivity contribution in [2.24, 2.45) is 0 Å². The number of hydrogen-bond donors (Lipinski definition) is 0. The van der Waals surface area contributed by atoms with Crippen LogP contribution in [0.4, 0.5) is 4.39 Å². The molecular weight excluding hydrogens is 219 g/mol. The van der Waals surface area contributed by atoms with E-state index in [-0.39, 0.29) is 11.1 Å². The lowest BCUT2D eigenvalue weighted by Gasteiger charge is -2.14. The summed E-state index contributed by atoms with van der Waals surface area (Å²) in [7, 11) is 3.45. The number of hydrogen-bond acceptors (Lipinski definition) is 3. The molecule has 0 atom stereocenters. The Morgan fingerprint density at radius 2 is 1.94 bits per heavy atom. The summed E-state index contributed by atoms with van der Waals surface area (Å²) < 4.78 is 13.4. The van der Waals surface area contributed by atoms with Crippen LogP contribution in [0, 0.1) is 17.1 Å². The minimum absolute atomic E-state index is 0.0416. The Labute approximate surface area is 99.8 Å². The van der Waals surface area contributed by atoms with Gasteiger partial charge in [-0.05, 0) is 19.1 Å². The van der Waals surface area contributed by atoms with Crippen LogP contribution in [0.25, 0.3) is 0 Å². The lowest BCUT2D eigenvalue weighted by molar-refractivity contribution is 0.103. The van der Waals surface area contributed by atoms with Gasteiger partial charge >= 0.3 is 0 Å². The molecule has 1 aromatic rings. The van der Waals surface area contributed by atoms with Gasteiger partial charge in [0, 0.05) is 19.8 Å². The van der Waals surface area contributed by atoms with Crippen molar-refractivity contribution in [1.29, 1.82) is 5.26 Å². The van der Waals surface area contributed by atoms with Crippen molar-refractivity contribution >= 4 is 5.78 Å². The molecule has 3 nitrogen and oxygen atoms in total. The molecule has 0 radical (unpaired) electrons. The minimum atomic E-state index is -0.614. The molecule has 0 aliphatic heterocycles. The van der Waals surface area contributed by atoms with E-state index < -0.39 is 11.6 Å². The Hall–Kier alpha value is -2.15. The van der Waals surface area contributed by atoms with Gasteiger partial charge in [-0.25, -0.2) is 4.39 Å². The fraction of sp³-hybridized carbons (Fsp3) is 0.231. The number of carbonyl (C=O) groups excluding carboxylic acids is 1. The monoisotopic (exact) mass is 232 g/mol. The molecule has 0 saturated carbocycles. The molecule has 1 rings (SSSR count). The lowest BCUT2D eigenvalue weighted by atomic mass is 10.0. The number of halogens is 1. The topological polar surface area (TPSA) is 44.1 Å². The smallest absolute Gasteiger partial charge is 0.208 e. The maximum Gasteiger partial charge on any atom is 0.208 e. The highest BCUT2D eigenvalue weighted by atomic mass is 19.1. The van der Waals surface area contributed by atoms with Crippen LogP contribution in [0.3, 0.4) is 0 Å². The average molecular weight is 232 g/mol. The van der Waals surface area contributed by atoms with Crippen molar-refractivity contribution in [1.82, 2.24) is 4.90 Å². The number of ketones is 1. The molecule has 4 heteroatoms. The van der Waals surface area contributed by atoms with Gasteiger partial charge in [0.15, 0.2) is 0 Å². The molecule has 0 aliphatic rings. The third kappa shape index (κ3) is 2.70. The van der Waals surface area contributed by atoms with Gasteiger partial charge < -0.3 is 4.90 Å². The van der Waals surface area contributed by atoms with Gasteiger partial charge in [0.1, 0.15) is 17.5 Å². The van der Waals surface area contributed by atoms with E-state index in [1.807, 2.05) is 6.07 Å². The van der Waals surface area contributed by atoms with Crippen LogP contribution in [-0.4, -0.2) is 24.8 Å². The molecule has 0 aliphatic carbocycles. The lowest BCUT2D eigenvalue weighted by Crippen LogP contribution is -2.15. The Kier molecular flexibility index (Phi) is 4.00. The summed E-state index contributed by atoms with van der Waals surface area (Å²) in [6.45, 7) is 1.65. The van der Waals surface area contributed by atoms with E-state index >= 15 is 0 Å². The van der Waals surface area contributed by atoms with Gasteiger partial charge in [-0.3, -0.25) is 4.79 Å². The molecule has 0 bridgehead atoms. The Balaban J connectivity index is 3.27. The van der Waals surface area contributed by atoms with Crippen molar-refractivity contribution in [3.63, 3.8) is 0 Å². The zero-order valence-corrected chi connectivity index (χ0v) is 9.99. The fourth-order valence-electron chi connectivity index (χ4n) is 1.30. The molecule has 0 aromatic heterocycles. The summed E-state index contributed by atoms with van der Waals surface area (Å²) in [6, 6.07) is 7.47. The summed E-state index contributed by atoms with van der Waals surface area (Å²) >= 11 is 0. The first kappa shape index (κ1) is 12.9. The second kappa shape index (κ2) is 5.26. The highest BCUT2D eigenvalue weighted by molar-refractivity contribution is 6.11. The maximum atomic E-state index is 13.4. The maximum absolute atomic E-state index is 13.4. The van der Waals surface area contributed by atoms with Crippen molar-refractivity contribution in [2.75, 3.05) is 14.1 Å². The van der Waals surface area contributed by atoms with Crippen LogP contribution >= 0.6 is 0 Å². The highest BCUT2D eigenvalue weighted by Crippen LogP contribution is 2.15. The predicted molar refractivity (Wildman–Crippen MR) is 62.7 cm³/mol. The zero-order valence-electron chi connectivity index (χ0n) is 9.99. The third-order valence-electron chi connectivity index (χ3n) is 2.49. The van der Waals surface area contributed by atoms with Crippen LogP contribution in [0.5, 0.6) is 0 Å². The SMILES string of the molecule is C/C(=C(/C#N)C(=O)c1ccccc1F)N(C)C. The number of Topliss-reactive ketones (excluding diaryl/α,β-unsaturated/α-hetero) is 1. The van der Waals surface area contributed by atoms with Gasteiger partial charge in [-0.1, -0.05) is 12.1 Å². The van der Waals surface area contributed by atoms with Crippen LogP contribution in [0.2, 0.25) is 0 Å². The van der Waals surface area contributed by atoms with Gasteiger partial charge in [-0.2, -0.15) is 5.26 Å². The molecule has 0 spiro atoms. The highest BCUT2D eigenvalue weighted by Gasteiger charge is 2.18. The first-order valence-corrected chi connectivity index (χ1v) is 5.06. The van der Waals surface area contributed by atoms with Crippen LogP contribution in [0.1, 0.15) is 17.3 Å². The van der Waals surface area contributed by atoms with E-state index in [0.717, 1.165) is 0 Å². The summed E-state index contributed by atoms with van der Waals surface area (Å²) in [5.41, 5.74) is 0.395. The number of nitriles is 1. The molecule has 0 fully saturated rings. The van der Waals surface area contributed by atoms with Crippen molar-refractivity contribution < 1.29 is 9.18 Å². The second-order valence-electron chi connectivity index (χ2n) is 3.78. The molecule has 0 unspecified atom stereocenters. The van der Waals surface area contributed by atoms with Crippen LogP contribution in [0.15, 0.2) is 35.5 Å². The minimum Gasteiger partial charge on any atom is -0.380 e. The molecule has 1 aromatic carbocycles. The van der Waals surface area contributed by atoms with Crippen LogP contribution in [-0.2, 0) is 0 Å². The normalized spacial score (nSPS) is 11.5. The molecule has 0 amide bonds. The van der Waals surface area contributed by atoms with Gasteiger partial charge in [-0.15, -0.1) is 0 Å². The molecule has 0 saturated heterocycles. The molecule has 88 valence electrons. The van der Waals surface area contributed by atoms with Crippen molar-refractivity contribution in [3.05, 3.63) is 46.9 Å². The first-order valence-electron chi connectivity index (χ1n) is 5.06. The van der Waals surface area contributed by atoms with E-state index in [0.29, 0.717) is 5.70 Å². The number of nitrogens with zero attached hydrogens (tertiary/aromatic N) is 2. The Bertz CT molecular complexity index is 512. The fourth-order valence-corrected chi connectivity index (χ4v) is 1.30. The zero-order chi connectivity index (χ0) is 13.0. The molecule has 17 heavy (non-hydrogen) atoms. The number of benzene rings is 1. The van der Waals surface area contributed by atoms with Crippen molar-refractivity contribution in [2.45, 2.75) is 6.92 Å². The van der Waals surface area contributed by atoms with Gasteiger partial charge in [0.25, 0.3) is 0 Å². The average Bonchev–Trinajstić information content (AvgIpc) is 2.30. The standard InChI is InChI=1S/C13H13FN2O/c1-9(16(2)3)11(8-15)13(17)10-6-4-5-7-12(10)14/h4-7H,1-3H3/b11-9+. The predicted octanol–water partition coefficient (Wildman–Crippen LogP) is 2.37. The third-order valence-corrected chi connectivity index (χ3v) is 2.49. The summed E-state index contributed by atoms with van der Waals surface area (Å²) in [5.74, 6) is -1.20. The van der Waals surface area contributed by atoms with E-state index in [1.165, 1.54) is 18.2 Å². The largest absolute Gasteiger partial charge is 0.380 e. The quantitative estimate of drug-likeness (QED) is 0.456. The number of rotatable bonds is 3. The molecule has 0 N–H and O–H groups in total. The number of carbonyl (C=O) groups is 1. The number of allylic oxidation sites excluding steroid dienone is 2. The first-order chi connectivity index (χ1) is 7.99. The molecule has 0 heterocycles. The van der Waals surface area contributed by atoms with E-state index in [4.69, 9.17) is 5.26 Å². The van der Waals surface area contributed by atoms with Crippen molar-refractivity contribution in [3.8, 4) is 6.07 Å². The van der Waals surface area contributed by atoms with E-state index in [1.54, 1.807) is 32.0 Å². The molecular formula is C13H13FN2O.